The zero-order chi connectivity index (χ0) is 19.8. The highest BCUT2D eigenvalue weighted by Crippen LogP contribution is 2.20. The molecule has 1 aliphatic carbocycles. The number of aromatic nitrogens is 2. The van der Waals surface area contributed by atoms with Crippen molar-refractivity contribution in [2.75, 3.05) is 27.2 Å². The van der Waals surface area contributed by atoms with Gasteiger partial charge in [-0.1, -0.05) is 24.3 Å². The van der Waals surface area contributed by atoms with Crippen molar-refractivity contribution in [3.8, 4) is 0 Å². The van der Waals surface area contributed by atoms with Gasteiger partial charge in [-0.25, -0.2) is 4.99 Å². The number of aryl methyl sites for hydroxylation is 2. The molecule has 0 saturated heterocycles. The number of nitrogens with one attached hydrogen (secondary N) is 2. The second kappa shape index (κ2) is 9.92. The number of hydrogen-bond acceptors (Lipinski definition) is 3. The first-order valence-electron chi connectivity index (χ1n) is 9.91. The average molecular weight is 383 g/mol. The Labute approximate surface area is 166 Å². The molecule has 1 aromatic carbocycles. The van der Waals surface area contributed by atoms with E-state index in [1.165, 1.54) is 11.1 Å². The van der Waals surface area contributed by atoms with Gasteiger partial charge in [0.15, 0.2) is 5.96 Å². The van der Waals surface area contributed by atoms with Crippen LogP contribution in [-0.4, -0.2) is 59.8 Å². The first-order valence-corrected chi connectivity index (χ1v) is 9.91. The van der Waals surface area contributed by atoms with E-state index in [1.54, 1.807) is 25.2 Å². The molecule has 150 valence electrons. The van der Waals surface area contributed by atoms with Crippen molar-refractivity contribution in [3.63, 3.8) is 0 Å². The number of rotatable bonds is 7. The molecule has 2 aromatic rings. The molecule has 0 radical (unpaired) electrons. The SMILES string of the molecule is CN(C)C(=O)CN=C(NCCCn1cccn1)NC1CCc2ccccc2C1. The Morgan fingerprint density at radius 3 is 2.86 bits per heavy atom. The topological polar surface area (TPSA) is 74.5 Å². The van der Waals surface area contributed by atoms with E-state index in [-0.39, 0.29) is 12.5 Å². The third-order valence-corrected chi connectivity index (χ3v) is 4.97. The molecule has 28 heavy (non-hydrogen) atoms. The van der Waals surface area contributed by atoms with Gasteiger partial charge in [0.1, 0.15) is 6.54 Å². The van der Waals surface area contributed by atoms with Crippen LogP contribution in [0.1, 0.15) is 24.0 Å². The molecule has 0 fully saturated rings. The van der Waals surface area contributed by atoms with Gasteiger partial charge in [-0.05, 0) is 42.9 Å². The van der Waals surface area contributed by atoms with Gasteiger partial charge in [0.2, 0.25) is 5.91 Å². The number of nitrogens with zero attached hydrogens (tertiary/aromatic N) is 4. The number of carbonyl (C=O) groups excluding carboxylic acids is 1. The summed E-state index contributed by atoms with van der Waals surface area (Å²) < 4.78 is 1.92. The lowest BCUT2D eigenvalue weighted by Gasteiger charge is -2.27. The quantitative estimate of drug-likeness (QED) is 0.432. The van der Waals surface area contributed by atoms with Crippen molar-refractivity contribution in [1.29, 1.82) is 0 Å². The van der Waals surface area contributed by atoms with Crippen LogP contribution < -0.4 is 10.6 Å². The highest BCUT2D eigenvalue weighted by Gasteiger charge is 2.19. The molecule has 7 heteroatoms. The summed E-state index contributed by atoms with van der Waals surface area (Å²) in [4.78, 5) is 18.0. The first kappa shape index (κ1) is 19.9. The Morgan fingerprint density at radius 2 is 2.11 bits per heavy atom. The molecule has 1 aromatic heterocycles. The minimum atomic E-state index is -0.00775. The van der Waals surface area contributed by atoms with E-state index in [0.29, 0.717) is 12.0 Å². The van der Waals surface area contributed by atoms with E-state index < -0.39 is 0 Å². The molecule has 0 saturated carbocycles. The van der Waals surface area contributed by atoms with Crippen LogP contribution in [0.2, 0.25) is 0 Å². The fraction of sp³-hybridized carbons (Fsp3) is 0.476. The lowest BCUT2D eigenvalue weighted by Crippen LogP contribution is -2.46. The molecule has 2 N–H and O–H groups in total. The monoisotopic (exact) mass is 382 g/mol. The predicted octanol–water partition coefficient (Wildman–Crippen LogP) is 1.45. The molecule has 0 spiro atoms. The normalized spacial score (nSPS) is 16.4. The summed E-state index contributed by atoms with van der Waals surface area (Å²) in [5, 5.41) is 11.1. The van der Waals surface area contributed by atoms with Crippen LogP contribution in [0.5, 0.6) is 0 Å². The maximum absolute atomic E-state index is 11.9. The molecule has 3 rings (SSSR count). The summed E-state index contributed by atoms with van der Waals surface area (Å²) in [6.45, 7) is 1.76. The fourth-order valence-corrected chi connectivity index (χ4v) is 3.34. The smallest absolute Gasteiger partial charge is 0.243 e. The van der Waals surface area contributed by atoms with Gasteiger partial charge in [-0.15, -0.1) is 0 Å². The lowest BCUT2D eigenvalue weighted by atomic mass is 9.88. The van der Waals surface area contributed by atoms with E-state index in [2.05, 4.69) is 45.0 Å². The van der Waals surface area contributed by atoms with E-state index >= 15 is 0 Å². The van der Waals surface area contributed by atoms with Crippen LogP contribution in [0, 0.1) is 0 Å². The maximum atomic E-state index is 11.9. The number of benzene rings is 1. The van der Waals surface area contributed by atoms with Crippen molar-refractivity contribution < 1.29 is 4.79 Å². The van der Waals surface area contributed by atoms with Gasteiger partial charge < -0.3 is 15.5 Å². The van der Waals surface area contributed by atoms with Crippen LogP contribution in [0.4, 0.5) is 0 Å². The summed E-state index contributed by atoms with van der Waals surface area (Å²) in [6, 6.07) is 10.9. The van der Waals surface area contributed by atoms with E-state index in [4.69, 9.17) is 0 Å². The van der Waals surface area contributed by atoms with E-state index in [1.807, 2.05) is 16.9 Å². The van der Waals surface area contributed by atoms with Gasteiger partial charge in [-0.3, -0.25) is 9.48 Å². The van der Waals surface area contributed by atoms with E-state index in [0.717, 1.165) is 38.8 Å². The molecule has 1 heterocycles. The number of fused-ring (bicyclic) bond motifs is 1. The molecule has 1 unspecified atom stereocenters. The molecule has 0 bridgehead atoms. The molecule has 1 amide bonds. The molecule has 1 aliphatic rings. The highest BCUT2D eigenvalue weighted by molar-refractivity contribution is 5.85. The Balaban J connectivity index is 1.55. The van der Waals surface area contributed by atoms with Crippen LogP contribution in [-0.2, 0) is 24.2 Å². The first-order chi connectivity index (χ1) is 13.6. The van der Waals surface area contributed by atoms with Crippen molar-refractivity contribution in [1.82, 2.24) is 25.3 Å². The number of aliphatic imine (C=N–C) groups is 1. The number of likely N-dealkylation sites (N-methyl/N-ethyl adjacent to an activating group) is 1. The Morgan fingerprint density at radius 1 is 1.29 bits per heavy atom. The van der Waals surface area contributed by atoms with Gasteiger partial charge in [0.25, 0.3) is 0 Å². The van der Waals surface area contributed by atoms with Crippen molar-refractivity contribution >= 4 is 11.9 Å². The Hall–Kier alpha value is -2.83. The molecular formula is C21H30N6O. The third-order valence-electron chi connectivity index (χ3n) is 4.97. The Kier molecular flexibility index (Phi) is 7.06. The van der Waals surface area contributed by atoms with Crippen molar-refractivity contribution in [3.05, 3.63) is 53.9 Å². The van der Waals surface area contributed by atoms with Crippen molar-refractivity contribution in [2.45, 2.75) is 38.3 Å². The summed E-state index contributed by atoms with van der Waals surface area (Å²) >= 11 is 0. The number of carbonyl (C=O) groups is 1. The largest absolute Gasteiger partial charge is 0.356 e. The Bertz CT molecular complexity index is 784. The molecule has 0 aliphatic heterocycles. The summed E-state index contributed by atoms with van der Waals surface area (Å²) in [6.07, 6.45) is 7.78. The van der Waals surface area contributed by atoms with Crippen LogP contribution in [0.15, 0.2) is 47.7 Å². The summed E-state index contributed by atoms with van der Waals surface area (Å²) in [7, 11) is 3.50. The van der Waals surface area contributed by atoms with Gasteiger partial charge in [-0.2, -0.15) is 5.10 Å². The van der Waals surface area contributed by atoms with Crippen LogP contribution in [0.25, 0.3) is 0 Å². The standard InChI is InChI=1S/C21H30N6O/c1-26(2)20(28)16-23-21(22-11-5-13-27-14-6-12-24-27)25-19-10-9-17-7-3-4-8-18(17)15-19/h3-4,6-8,12,14,19H,5,9-11,13,15-16H2,1-2H3,(H2,22,23,25). The molecule has 1 atom stereocenters. The second-order valence-corrected chi connectivity index (χ2v) is 7.36. The van der Waals surface area contributed by atoms with E-state index in [9.17, 15) is 4.79 Å². The fourth-order valence-electron chi connectivity index (χ4n) is 3.34. The van der Waals surface area contributed by atoms with Crippen LogP contribution >= 0.6 is 0 Å². The summed E-state index contributed by atoms with van der Waals surface area (Å²) in [5.74, 6) is 0.701. The minimum Gasteiger partial charge on any atom is -0.356 e. The van der Waals surface area contributed by atoms with Gasteiger partial charge in [0, 0.05) is 45.6 Å². The lowest BCUT2D eigenvalue weighted by molar-refractivity contribution is -0.127. The zero-order valence-corrected chi connectivity index (χ0v) is 16.8. The predicted molar refractivity (Wildman–Crippen MR) is 111 cm³/mol. The summed E-state index contributed by atoms with van der Waals surface area (Å²) in [5.41, 5.74) is 2.84. The third kappa shape index (κ3) is 5.84. The van der Waals surface area contributed by atoms with Gasteiger partial charge >= 0.3 is 0 Å². The maximum Gasteiger partial charge on any atom is 0.243 e. The highest BCUT2D eigenvalue weighted by atomic mass is 16.2. The minimum absolute atomic E-state index is 0.00775. The van der Waals surface area contributed by atoms with Gasteiger partial charge in [0.05, 0.1) is 0 Å². The number of hydrogen-bond donors (Lipinski definition) is 2. The molecule has 7 nitrogen and oxygen atoms in total. The number of guanidine groups is 1. The average Bonchev–Trinajstić information content (AvgIpc) is 3.22. The second-order valence-electron chi connectivity index (χ2n) is 7.36. The zero-order valence-electron chi connectivity index (χ0n) is 16.8. The van der Waals surface area contributed by atoms with Crippen molar-refractivity contribution in [2.24, 2.45) is 4.99 Å². The van der Waals surface area contributed by atoms with Crippen LogP contribution in [0.3, 0.4) is 0 Å². The molecular weight excluding hydrogens is 352 g/mol. The number of amides is 1.